The van der Waals surface area contributed by atoms with Crippen molar-refractivity contribution in [1.29, 1.82) is 0 Å². The normalized spacial score (nSPS) is 11.1. The van der Waals surface area contributed by atoms with Crippen molar-refractivity contribution >= 4 is 10.9 Å². The topological polar surface area (TPSA) is 26.2 Å². The summed E-state index contributed by atoms with van der Waals surface area (Å²) in [7, 11) is 3.71. The van der Waals surface area contributed by atoms with E-state index in [1.54, 1.807) is 7.11 Å². The van der Waals surface area contributed by atoms with E-state index in [1.165, 1.54) is 16.5 Å². The van der Waals surface area contributed by atoms with Crippen LogP contribution in [-0.4, -0.2) is 25.3 Å². The molecule has 0 aliphatic heterocycles. The monoisotopic (exact) mass is 218 g/mol. The van der Waals surface area contributed by atoms with Crippen LogP contribution < -0.4 is 5.32 Å². The summed E-state index contributed by atoms with van der Waals surface area (Å²) < 4.78 is 7.38. The fourth-order valence-electron chi connectivity index (χ4n) is 2.05. The lowest BCUT2D eigenvalue weighted by Gasteiger charge is -2.09. The highest BCUT2D eigenvalue weighted by Crippen LogP contribution is 2.20. The van der Waals surface area contributed by atoms with Gasteiger partial charge >= 0.3 is 0 Å². The summed E-state index contributed by atoms with van der Waals surface area (Å²) in [5.41, 5.74) is 2.65. The highest BCUT2D eigenvalue weighted by atomic mass is 16.5. The third kappa shape index (κ3) is 2.10. The van der Waals surface area contributed by atoms with Crippen LogP contribution in [0.15, 0.2) is 30.5 Å². The Balaban J connectivity index is 2.41. The number of nitrogens with one attached hydrogen (secondary N) is 1. The van der Waals surface area contributed by atoms with Gasteiger partial charge in [0.1, 0.15) is 0 Å². The molecule has 0 unspecified atom stereocenters. The fraction of sp³-hybridized carbons (Fsp3) is 0.385. The van der Waals surface area contributed by atoms with Crippen LogP contribution in [0, 0.1) is 0 Å². The molecular formula is C13H18N2O. The minimum Gasteiger partial charge on any atom is -0.383 e. The van der Waals surface area contributed by atoms with Crippen LogP contribution in [0.2, 0.25) is 0 Å². The van der Waals surface area contributed by atoms with E-state index in [1.807, 2.05) is 7.05 Å². The number of hydrogen-bond donors (Lipinski definition) is 1. The smallest absolute Gasteiger partial charge is 0.0641 e. The highest BCUT2D eigenvalue weighted by molar-refractivity contribution is 5.83. The van der Waals surface area contributed by atoms with Crippen molar-refractivity contribution in [3.05, 3.63) is 36.0 Å². The van der Waals surface area contributed by atoms with Gasteiger partial charge < -0.3 is 14.6 Å². The van der Waals surface area contributed by atoms with Crippen LogP contribution in [-0.2, 0) is 17.8 Å². The molecular weight excluding hydrogens is 200 g/mol. The van der Waals surface area contributed by atoms with E-state index >= 15 is 0 Å². The first kappa shape index (κ1) is 11.2. The molecule has 1 aromatic heterocycles. The molecule has 0 saturated heterocycles. The molecule has 2 aromatic rings. The molecule has 86 valence electrons. The number of hydrogen-bond acceptors (Lipinski definition) is 2. The number of fused-ring (bicyclic) bond motifs is 1. The van der Waals surface area contributed by atoms with Crippen LogP contribution in [0.4, 0.5) is 0 Å². The van der Waals surface area contributed by atoms with Crippen molar-refractivity contribution in [1.82, 2.24) is 9.88 Å². The van der Waals surface area contributed by atoms with Crippen molar-refractivity contribution in [2.75, 3.05) is 20.8 Å². The number of rotatable bonds is 5. The average Bonchev–Trinajstić information content (AvgIpc) is 2.71. The van der Waals surface area contributed by atoms with Gasteiger partial charge in [0.15, 0.2) is 0 Å². The molecule has 0 radical (unpaired) electrons. The first-order valence-corrected chi connectivity index (χ1v) is 5.57. The number of ether oxygens (including phenoxy) is 1. The number of methoxy groups -OCH3 is 1. The summed E-state index contributed by atoms with van der Waals surface area (Å²) in [4.78, 5) is 0. The minimum absolute atomic E-state index is 0.748. The zero-order valence-corrected chi connectivity index (χ0v) is 9.86. The Morgan fingerprint density at radius 1 is 1.31 bits per heavy atom. The Bertz CT molecular complexity index is 462. The van der Waals surface area contributed by atoms with E-state index in [4.69, 9.17) is 4.74 Å². The molecule has 0 aliphatic carbocycles. The Morgan fingerprint density at radius 2 is 2.19 bits per heavy atom. The van der Waals surface area contributed by atoms with Gasteiger partial charge in [-0.1, -0.05) is 18.2 Å². The third-order valence-electron chi connectivity index (χ3n) is 2.78. The van der Waals surface area contributed by atoms with Crippen LogP contribution >= 0.6 is 0 Å². The second-order valence-corrected chi connectivity index (χ2v) is 3.89. The van der Waals surface area contributed by atoms with Crippen molar-refractivity contribution in [3.8, 4) is 0 Å². The predicted molar refractivity (Wildman–Crippen MR) is 66.6 cm³/mol. The van der Waals surface area contributed by atoms with Crippen LogP contribution in [0.3, 0.4) is 0 Å². The molecule has 0 spiro atoms. The molecule has 3 heteroatoms. The van der Waals surface area contributed by atoms with Crippen LogP contribution in [0.1, 0.15) is 5.56 Å². The van der Waals surface area contributed by atoms with E-state index in [2.05, 4.69) is 40.3 Å². The molecule has 3 nitrogen and oxygen atoms in total. The van der Waals surface area contributed by atoms with Gasteiger partial charge in [0.2, 0.25) is 0 Å². The Morgan fingerprint density at radius 3 is 2.94 bits per heavy atom. The Hall–Kier alpha value is -1.32. The van der Waals surface area contributed by atoms with Crippen molar-refractivity contribution in [3.63, 3.8) is 0 Å². The van der Waals surface area contributed by atoms with Gasteiger partial charge in [0.25, 0.3) is 0 Å². The van der Waals surface area contributed by atoms with Gasteiger partial charge in [-0.2, -0.15) is 0 Å². The number of nitrogens with zero attached hydrogens (tertiary/aromatic N) is 1. The molecule has 1 aromatic carbocycles. The maximum atomic E-state index is 5.13. The van der Waals surface area contributed by atoms with Gasteiger partial charge in [-0.15, -0.1) is 0 Å². The molecule has 1 heterocycles. The summed E-state index contributed by atoms with van der Waals surface area (Å²) >= 11 is 0. The van der Waals surface area contributed by atoms with Gasteiger partial charge in [-0.05, 0) is 24.1 Å². The number of aromatic nitrogens is 1. The number of benzene rings is 1. The summed E-state index contributed by atoms with van der Waals surface area (Å²) in [6.07, 6.45) is 2.13. The second kappa shape index (κ2) is 5.14. The summed E-state index contributed by atoms with van der Waals surface area (Å²) in [6, 6.07) is 8.58. The Kier molecular flexibility index (Phi) is 3.59. The van der Waals surface area contributed by atoms with E-state index in [0.29, 0.717) is 0 Å². The lowest BCUT2D eigenvalue weighted by Crippen LogP contribution is -2.09. The summed E-state index contributed by atoms with van der Waals surface area (Å²) in [6.45, 7) is 2.55. The van der Waals surface area contributed by atoms with Crippen molar-refractivity contribution in [2.24, 2.45) is 0 Å². The summed E-state index contributed by atoms with van der Waals surface area (Å²) in [5.74, 6) is 0. The lowest BCUT2D eigenvalue weighted by atomic mass is 10.1. The summed E-state index contributed by atoms with van der Waals surface area (Å²) in [5, 5.41) is 4.50. The minimum atomic E-state index is 0.748. The van der Waals surface area contributed by atoms with Crippen LogP contribution in [0.5, 0.6) is 0 Å². The van der Waals surface area contributed by atoms with E-state index in [-0.39, 0.29) is 0 Å². The highest BCUT2D eigenvalue weighted by Gasteiger charge is 2.05. The molecule has 0 amide bonds. The van der Waals surface area contributed by atoms with Crippen molar-refractivity contribution in [2.45, 2.75) is 13.1 Å². The maximum Gasteiger partial charge on any atom is 0.0641 e. The first-order chi connectivity index (χ1) is 7.86. The van der Waals surface area contributed by atoms with Gasteiger partial charge in [-0.3, -0.25) is 0 Å². The quantitative estimate of drug-likeness (QED) is 0.830. The van der Waals surface area contributed by atoms with Gasteiger partial charge in [0.05, 0.1) is 12.1 Å². The zero-order chi connectivity index (χ0) is 11.4. The average molecular weight is 218 g/mol. The standard InChI is InChI=1S/C13H18N2O/c1-14-10-12-5-3-4-11-6-7-15(13(11)12)8-9-16-2/h3-7,14H,8-10H2,1-2H3. The third-order valence-corrected chi connectivity index (χ3v) is 2.78. The molecule has 0 saturated carbocycles. The fourth-order valence-corrected chi connectivity index (χ4v) is 2.05. The second-order valence-electron chi connectivity index (χ2n) is 3.89. The largest absolute Gasteiger partial charge is 0.383 e. The van der Waals surface area contributed by atoms with Crippen LogP contribution in [0.25, 0.3) is 10.9 Å². The van der Waals surface area contributed by atoms with Gasteiger partial charge in [0, 0.05) is 26.4 Å². The zero-order valence-electron chi connectivity index (χ0n) is 9.86. The van der Waals surface area contributed by atoms with E-state index in [9.17, 15) is 0 Å². The van der Waals surface area contributed by atoms with Crippen molar-refractivity contribution < 1.29 is 4.74 Å². The SMILES string of the molecule is CNCc1cccc2ccn(CCOC)c12. The predicted octanol–water partition coefficient (Wildman–Crippen LogP) is 2.01. The Labute approximate surface area is 96.0 Å². The molecule has 1 N–H and O–H groups in total. The molecule has 0 atom stereocenters. The van der Waals surface area contributed by atoms with E-state index < -0.39 is 0 Å². The molecule has 0 aliphatic rings. The van der Waals surface area contributed by atoms with Gasteiger partial charge in [-0.25, -0.2) is 0 Å². The molecule has 16 heavy (non-hydrogen) atoms. The lowest BCUT2D eigenvalue weighted by molar-refractivity contribution is 0.188. The molecule has 0 bridgehead atoms. The van der Waals surface area contributed by atoms with E-state index in [0.717, 1.165) is 19.7 Å². The number of para-hydroxylation sites is 1. The first-order valence-electron chi connectivity index (χ1n) is 5.57. The molecule has 2 rings (SSSR count). The molecule has 0 fully saturated rings. The maximum absolute atomic E-state index is 5.13.